The van der Waals surface area contributed by atoms with Crippen LogP contribution in [0.4, 0.5) is 5.69 Å². The van der Waals surface area contributed by atoms with E-state index in [0.29, 0.717) is 19.7 Å². The Morgan fingerprint density at radius 1 is 1.27 bits per heavy atom. The topological polar surface area (TPSA) is 58.6 Å². The van der Waals surface area contributed by atoms with E-state index in [1.807, 2.05) is 25.1 Å². The summed E-state index contributed by atoms with van der Waals surface area (Å²) in [6.45, 7) is 6.92. The molecule has 0 heterocycles. The molecule has 1 rings (SSSR count). The number of amides is 2. The molecule has 2 amide bonds. The van der Waals surface area contributed by atoms with Gasteiger partial charge in [0.05, 0.1) is 6.61 Å². The number of carbonyl (C=O) groups excluding carboxylic acids is 2. The number of methoxy groups -OCH3 is 1. The van der Waals surface area contributed by atoms with Gasteiger partial charge in [-0.1, -0.05) is 25.1 Å². The zero-order chi connectivity index (χ0) is 16.5. The van der Waals surface area contributed by atoms with Crippen LogP contribution in [0.25, 0.3) is 0 Å². The minimum Gasteiger partial charge on any atom is -0.383 e. The Balaban J connectivity index is 2.61. The van der Waals surface area contributed by atoms with Gasteiger partial charge in [-0.3, -0.25) is 9.59 Å². The van der Waals surface area contributed by atoms with Crippen molar-refractivity contribution in [2.75, 3.05) is 32.1 Å². The third-order valence-corrected chi connectivity index (χ3v) is 3.62. The van der Waals surface area contributed by atoms with Crippen molar-refractivity contribution in [2.24, 2.45) is 0 Å². The van der Waals surface area contributed by atoms with Crippen LogP contribution < -0.4 is 5.32 Å². The highest BCUT2D eigenvalue weighted by Gasteiger charge is 2.12. The average Bonchev–Trinajstić information content (AvgIpc) is 2.49. The quantitative estimate of drug-likeness (QED) is 0.802. The molecule has 0 unspecified atom stereocenters. The molecule has 1 aromatic carbocycles. The van der Waals surface area contributed by atoms with Crippen LogP contribution in [-0.2, 0) is 20.7 Å². The first-order chi connectivity index (χ1) is 10.5. The molecule has 1 aromatic rings. The van der Waals surface area contributed by atoms with Crippen molar-refractivity contribution in [1.29, 1.82) is 0 Å². The fourth-order valence-electron chi connectivity index (χ4n) is 2.27. The lowest BCUT2D eigenvalue weighted by molar-refractivity contribution is -0.130. The summed E-state index contributed by atoms with van der Waals surface area (Å²) >= 11 is 0. The van der Waals surface area contributed by atoms with E-state index >= 15 is 0 Å². The largest absolute Gasteiger partial charge is 0.383 e. The van der Waals surface area contributed by atoms with Gasteiger partial charge in [0.2, 0.25) is 11.8 Å². The SMILES string of the molecule is CCc1cccc(C)c1NC(=O)CCN(CCOC)C(C)=O. The second-order valence-electron chi connectivity index (χ2n) is 5.26. The van der Waals surface area contributed by atoms with E-state index in [1.165, 1.54) is 6.92 Å². The highest BCUT2D eigenvalue weighted by molar-refractivity contribution is 5.92. The van der Waals surface area contributed by atoms with Crippen molar-refractivity contribution in [2.45, 2.75) is 33.6 Å². The standard InChI is InChI=1S/C17H26N2O3/c1-5-15-8-6-7-13(2)17(15)18-16(21)9-10-19(14(3)20)11-12-22-4/h6-8H,5,9-12H2,1-4H3,(H,18,21). The summed E-state index contributed by atoms with van der Waals surface area (Å²) in [6.07, 6.45) is 1.14. The second kappa shape index (κ2) is 9.20. The van der Waals surface area contributed by atoms with Gasteiger partial charge in [0, 0.05) is 39.2 Å². The molecule has 0 aliphatic heterocycles. The normalized spacial score (nSPS) is 10.4. The lowest BCUT2D eigenvalue weighted by Gasteiger charge is -2.20. The van der Waals surface area contributed by atoms with Gasteiger partial charge < -0.3 is 15.0 Å². The smallest absolute Gasteiger partial charge is 0.226 e. The van der Waals surface area contributed by atoms with Gasteiger partial charge in [0.1, 0.15) is 0 Å². The lowest BCUT2D eigenvalue weighted by atomic mass is 10.1. The number of hydrogen-bond acceptors (Lipinski definition) is 3. The molecule has 0 aromatic heterocycles. The summed E-state index contributed by atoms with van der Waals surface area (Å²) in [7, 11) is 1.59. The van der Waals surface area contributed by atoms with E-state index in [9.17, 15) is 9.59 Å². The van der Waals surface area contributed by atoms with Crippen LogP contribution in [0, 0.1) is 6.92 Å². The first-order valence-electron chi connectivity index (χ1n) is 7.62. The predicted octanol–water partition coefficient (Wildman–Crippen LogP) is 2.38. The third kappa shape index (κ3) is 5.48. The van der Waals surface area contributed by atoms with Gasteiger partial charge >= 0.3 is 0 Å². The Morgan fingerprint density at radius 3 is 2.59 bits per heavy atom. The Kier molecular flexibility index (Phi) is 7.60. The number of nitrogens with zero attached hydrogens (tertiary/aromatic N) is 1. The fraction of sp³-hybridized carbons (Fsp3) is 0.529. The Labute approximate surface area is 132 Å². The number of aryl methyl sites for hydroxylation is 2. The molecule has 0 radical (unpaired) electrons. The van der Waals surface area contributed by atoms with Gasteiger partial charge in [-0.05, 0) is 24.5 Å². The highest BCUT2D eigenvalue weighted by Crippen LogP contribution is 2.21. The molecule has 1 N–H and O–H groups in total. The monoisotopic (exact) mass is 306 g/mol. The van der Waals surface area contributed by atoms with Crippen LogP contribution >= 0.6 is 0 Å². The van der Waals surface area contributed by atoms with Crippen LogP contribution in [0.15, 0.2) is 18.2 Å². The van der Waals surface area contributed by atoms with Crippen LogP contribution in [0.5, 0.6) is 0 Å². The molecule has 0 saturated heterocycles. The summed E-state index contributed by atoms with van der Waals surface area (Å²) < 4.78 is 4.98. The number of ether oxygens (including phenoxy) is 1. The van der Waals surface area contributed by atoms with Crippen molar-refractivity contribution < 1.29 is 14.3 Å². The number of hydrogen-bond donors (Lipinski definition) is 1. The molecular formula is C17H26N2O3. The van der Waals surface area contributed by atoms with Crippen LogP contribution in [0.1, 0.15) is 31.4 Å². The summed E-state index contributed by atoms with van der Waals surface area (Å²) in [5.41, 5.74) is 3.06. The molecule has 0 aliphatic carbocycles. The molecule has 0 atom stereocenters. The van der Waals surface area contributed by atoms with Gasteiger partial charge in [-0.2, -0.15) is 0 Å². The zero-order valence-corrected chi connectivity index (χ0v) is 13.9. The molecule has 122 valence electrons. The van der Waals surface area contributed by atoms with E-state index in [1.54, 1.807) is 12.0 Å². The predicted molar refractivity (Wildman–Crippen MR) is 87.9 cm³/mol. The van der Waals surface area contributed by atoms with Crippen molar-refractivity contribution in [3.63, 3.8) is 0 Å². The Morgan fingerprint density at radius 2 is 2.00 bits per heavy atom. The summed E-state index contributed by atoms with van der Waals surface area (Å²) in [5.74, 6) is -0.123. The molecule has 0 bridgehead atoms. The molecule has 0 spiro atoms. The van der Waals surface area contributed by atoms with Crippen molar-refractivity contribution in [3.05, 3.63) is 29.3 Å². The van der Waals surface area contributed by atoms with Gasteiger partial charge in [0.25, 0.3) is 0 Å². The van der Waals surface area contributed by atoms with Crippen molar-refractivity contribution in [1.82, 2.24) is 4.90 Å². The van der Waals surface area contributed by atoms with Crippen molar-refractivity contribution >= 4 is 17.5 Å². The zero-order valence-electron chi connectivity index (χ0n) is 13.9. The van der Waals surface area contributed by atoms with E-state index in [0.717, 1.165) is 23.2 Å². The van der Waals surface area contributed by atoms with Gasteiger partial charge in [0.15, 0.2) is 0 Å². The third-order valence-electron chi connectivity index (χ3n) is 3.62. The molecule has 22 heavy (non-hydrogen) atoms. The van der Waals surface area contributed by atoms with E-state index in [-0.39, 0.29) is 18.2 Å². The van der Waals surface area contributed by atoms with E-state index in [4.69, 9.17) is 4.74 Å². The Hall–Kier alpha value is -1.88. The highest BCUT2D eigenvalue weighted by atomic mass is 16.5. The molecule has 0 aliphatic rings. The molecule has 5 nitrogen and oxygen atoms in total. The van der Waals surface area contributed by atoms with Crippen LogP contribution in [-0.4, -0.2) is 43.5 Å². The number of para-hydroxylation sites is 1. The van der Waals surface area contributed by atoms with E-state index in [2.05, 4.69) is 12.2 Å². The van der Waals surface area contributed by atoms with Gasteiger partial charge in [-0.25, -0.2) is 0 Å². The summed E-state index contributed by atoms with van der Waals surface area (Å²) in [4.78, 5) is 25.3. The lowest BCUT2D eigenvalue weighted by Crippen LogP contribution is -2.34. The molecule has 5 heteroatoms. The number of rotatable bonds is 8. The maximum Gasteiger partial charge on any atom is 0.226 e. The maximum atomic E-state index is 12.2. The van der Waals surface area contributed by atoms with Crippen LogP contribution in [0.2, 0.25) is 0 Å². The maximum absolute atomic E-state index is 12.2. The minimum absolute atomic E-state index is 0.0463. The summed E-state index contributed by atoms with van der Waals surface area (Å²) in [5, 5.41) is 2.97. The van der Waals surface area contributed by atoms with Crippen LogP contribution in [0.3, 0.4) is 0 Å². The van der Waals surface area contributed by atoms with E-state index < -0.39 is 0 Å². The average molecular weight is 306 g/mol. The molecule has 0 saturated carbocycles. The number of nitrogens with one attached hydrogen (secondary N) is 1. The molecule has 0 fully saturated rings. The number of carbonyl (C=O) groups is 2. The Bertz CT molecular complexity index is 515. The summed E-state index contributed by atoms with van der Waals surface area (Å²) in [6, 6.07) is 5.99. The second-order valence-corrected chi connectivity index (χ2v) is 5.26. The number of benzene rings is 1. The first-order valence-corrected chi connectivity index (χ1v) is 7.62. The first kappa shape index (κ1) is 18.2. The molecular weight excluding hydrogens is 280 g/mol. The minimum atomic E-state index is -0.0762. The fourth-order valence-corrected chi connectivity index (χ4v) is 2.27. The number of anilines is 1. The van der Waals surface area contributed by atoms with Crippen molar-refractivity contribution in [3.8, 4) is 0 Å². The van der Waals surface area contributed by atoms with Gasteiger partial charge in [-0.15, -0.1) is 0 Å².